The Labute approximate surface area is 126 Å². The first kappa shape index (κ1) is 16.1. The Morgan fingerprint density at radius 3 is 2.81 bits per heavy atom. The lowest BCUT2D eigenvalue weighted by molar-refractivity contribution is 0.247. The molecule has 118 valence electrons. The van der Waals surface area contributed by atoms with E-state index in [-0.39, 0.29) is 12.0 Å². The van der Waals surface area contributed by atoms with Crippen molar-refractivity contribution in [3.8, 4) is 0 Å². The normalized spacial score (nSPS) is 20.3. The van der Waals surface area contributed by atoms with E-state index in [0.717, 1.165) is 32.2 Å². The Kier molecular flexibility index (Phi) is 5.89. The second-order valence-electron chi connectivity index (χ2n) is 5.14. The fourth-order valence-corrected chi connectivity index (χ4v) is 3.86. The number of nitrogens with one attached hydrogen (secondary N) is 2. The highest BCUT2D eigenvalue weighted by Crippen LogP contribution is 2.20. The summed E-state index contributed by atoms with van der Waals surface area (Å²) in [4.78, 5) is 7.83. The molecule has 0 amide bonds. The summed E-state index contributed by atoms with van der Waals surface area (Å²) in [6.07, 6.45) is 6.90. The molecule has 0 radical (unpaired) electrons. The van der Waals surface area contributed by atoms with E-state index in [9.17, 15) is 8.42 Å². The number of piperidine rings is 1. The maximum Gasteiger partial charge on any atom is 0.304 e. The molecule has 0 bridgehead atoms. The van der Waals surface area contributed by atoms with Crippen LogP contribution in [0.25, 0.3) is 0 Å². The maximum absolute atomic E-state index is 12.5. The van der Waals surface area contributed by atoms with Gasteiger partial charge in [-0.25, -0.2) is 14.7 Å². The van der Waals surface area contributed by atoms with Gasteiger partial charge in [-0.2, -0.15) is 12.7 Å². The number of hydrogen-bond acceptors (Lipinski definition) is 5. The predicted octanol–water partition coefficient (Wildman–Crippen LogP) is 0.987. The summed E-state index contributed by atoms with van der Waals surface area (Å²) in [6.45, 7) is 4.22. The van der Waals surface area contributed by atoms with Gasteiger partial charge in [-0.15, -0.1) is 0 Å². The van der Waals surface area contributed by atoms with Gasteiger partial charge < -0.3 is 5.32 Å². The lowest BCUT2D eigenvalue weighted by atomic mass is 10.1. The fourth-order valence-electron chi connectivity index (χ4n) is 2.47. The number of rotatable bonds is 7. The van der Waals surface area contributed by atoms with Crippen LogP contribution in [0.4, 0.5) is 5.95 Å². The number of aromatic nitrogens is 2. The van der Waals surface area contributed by atoms with Gasteiger partial charge in [-0.1, -0.05) is 13.3 Å². The molecule has 21 heavy (non-hydrogen) atoms. The molecule has 1 unspecified atom stereocenters. The average molecular weight is 313 g/mol. The molecule has 2 N–H and O–H groups in total. The molecular weight excluding hydrogens is 290 g/mol. The molecule has 1 saturated heterocycles. The first-order valence-electron chi connectivity index (χ1n) is 7.41. The van der Waals surface area contributed by atoms with Crippen LogP contribution in [0.15, 0.2) is 18.5 Å². The third-order valence-electron chi connectivity index (χ3n) is 3.47. The molecule has 0 aromatic carbocycles. The van der Waals surface area contributed by atoms with Gasteiger partial charge in [0, 0.05) is 31.5 Å². The van der Waals surface area contributed by atoms with Gasteiger partial charge >= 0.3 is 10.2 Å². The summed E-state index contributed by atoms with van der Waals surface area (Å²) < 4.78 is 29.0. The summed E-state index contributed by atoms with van der Waals surface area (Å²) in [7, 11) is -3.60. The van der Waals surface area contributed by atoms with Crippen LogP contribution >= 0.6 is 0 Å². The molecule has 0 aliphatic carbocycles. The highest BCUT2D eigenvalue weighted by molar-refractivity contribution is 7.90. The van der Waals surface area contributed by atoms with Crippen molar-refractivity contribution in [2.24, 2.45) is 0 Å². The zero-order valence-corrected chi connectivity index (χ0v) is 13.1. The van der Waals surface area contributed by atoms with Crippen molar-refractivity contribution < 1.29 is 8.42 Å². The zero-order valence-electron chi connectivity index (χ0n) is 12.3. The molecule has 2 rings (SSSR count). The summed E-state index contributed by atoms with van der Waals surface area (Å²) in [5.74, 6) is 0.114. The zero-order chi connectivity index (χ0) is 15.1. The van der Waals surface area contributed by atoms with E-state index in [0.29, 0.717) is 13.1 Å². The van der Waals surface area contributed by atoms with Crippen LogP contribution in [0.1, 0.15) is 32.6 Å². The Balaban J connectivity index is 2.04. The first-order valence-corrected chi connectivity index (χ1v) is 8.85. The van der Waals surface area contributed by atoms with E-state index in [1.807, 2.05) is 0 Å². The molecule has 1 aliphatic rings. The van der Waals surface area contributed by atoms with Crippen molar-refractivity contribution >= 4 is 16.2 Å². The monoisotopic (exact) mass is 313 g/mol. The van der Waals surface area contributed by atoms with E-state index in [4.69, 9.17) is 0 Å². The average Bonchev–Trinajstić information content (AvgIpc) is 2.48. The van der Waals surface area contributed by atoms with Crippen LogP contribution < -0.4 is 10.0 Å². The van der Waals surface area contributed by atoms with E-state index < -0.39 is 10.2 Å². The summed E-state index contributed by atoms with van der Waals surface area (Å²) in [5.41, 5.74) is 0. The third kappa shape index (κ3) is 4.62. The summed E-state index contributed by atoms with van der Waals surface area (Å²) >= 11 is 0. The van der Waals surface area contributed by atoms with E-state index in [1.54, 1.807) is 6.07 Å². The van der Waals surface area contributed by atoms with Gasteiger partial charge in [0.2, 0.25) is 5.95 Å². The Morgan fingerprint density at radius 1 is 1.33 bits per heavy atom. The first-order chi connectivity index (χ1) is 10.1. The predicted molar refractivity (Wildman–Crippen MR) is 82.1 cm³/mol. The van der Waals surface area contributed by atoms with Crippen LogP contribution in [0.5, 0.6) is 0 Å². The number of hydrogen-bond donors (Lipinski definition) is 2. The molecule has 1 aliphatic heterocycles. The molecule has 8 heteroatoms. The largest absolute Gasteiger partial charge is 0.315 e. The van der Waals surface area contributed by atoms with Gasteiger partial charge in [0.15, 0.2) is 0 Å². The van der Waals surface area contributed by atoms with Gasteiger partial charge in [-0.05, 0) is 31.9 Å². The maximum atomic E-state index is 12.5. The highest BCUT2D eigenvalue weighted by Gasteiger charge is 2.32. The van der Waals surface area contributed by atoms with Gasteiger partial charge in [0.1, 0.15) is 0 Å². The van der Waals surface area contributed by atoms with Crippen LogP contribution in [0.3, 0.4) is 0 Å². The minimum absolute atomic E-state index is 0.00786. The van der Waals surface area contributed by atoms with E-state index in [1.165, 1.54) is 16.7 Å². The van der Waals surface area contributed by atoms with E-state index in [2.05, 4.69) is 26.9 Å². The van der Waals surface area contributed by atoms with Crippen molar-refractivity contribution in [1.29, 1.82) is 0 Å². The van der Waals surface area contributed by atoms with Crippen molar-refractivity contribution in [2.75, 3.05) is 24.4 Å². The third-order valence-corrected chi connectivity index (χ3v) is 5.01. The second kappa shape index (κ2) is 7.67. The summed E-state index contributed by atoms with van der Waals surface area (Å²) in [6, 6.07) is 1.64. The molecule has 1 aromatic rings. The molecule has 0 saturated carbocycles. The van der Waals surface area contributed by atoms with Crippen LogP contribution in [-0.4, -0.2) is 48.4 Å². The Hall–Kier alpha value is -1.25. The molecule has 1 fully saturated rings. The van der Waals surface area contributed by atoms with Crippen molar-refractivity contribution in [3.63, 3.8) is 0 Å². The molecular formula is C13H23N5O2S. The Morgan fingerprint density at radius 2 is 2.10 bits per heavy atom. The number of nitrogens with zero attached hydrogens (tertiary/aromatic N) is 3. The molecule has 2 heterocycles. The topological polar surface area (TPSA) is 87.2 Å². The minimum atomic E-state index is -3.60. The molecule has 1 atom stereocenters. The van der Waals surface area contributed by atoms with Crippen LogP contribution in [0.2, 0.25) is 0 Å². The number of anilines is 1. The van der Waals surface area contributed by atoms with Gasteiger partial charge in [-0.3, -0.25) is 0 Å². The standard InChI is InChI=1S/C13H23N5O2S/c1-2-7-14-11-12-6-3-4-10-18(12)21(19,20)17-13-15-8-5-9-16-13/h5,8-9,12,14H,2-4,6-7,10-11H2,1H3,(H,15,16,17). The SMILES string of the molecule is CCCNCC1CCCCN1S(=O)(=O)Nc1ncccn1. The quantitative estimate of drug-likeness (QED) is 0.733. The van der Waals surface area contributed by atoms with Crippen molar-refractivity contribution in [3.05, 3.63) is 18.5 Å². The van der Waals surface area contributed by atoms with Crippen LogP contribution in [-0.2, 0) is 10.2 Å². The minimum Gasteiger partial charge on any atom is -0.315 e. The fraction of sp³-hybridized carbons (Fsp3) is 0.692. The lowest BCUT2D eigenvalue weighted by Gasteiger charge is -2.34. The molecule has 0 spiro atoms. The van der Waals surface area contributed by atoms with E-state index >= 15 is 0 Å². The van der Waals surface area contributed by atoms with Crippen LogP contribution in [0, 0.1) is 0 Å². The van der Waals surface area contributed by atoms with Crippen molar-refractivity contribution in [2.45, 2.75) is 38.6 Å². The smallest absolute Gasteiger partial charge is 0.304 e. The molecule has 7 nitrogen and oxygen atoms in total. The van der Waals surface area contributed by atoms with Gasteiger partial charge in [0.05, 0.1) is 0 Å². The Bertz CT molecular complexity index is 523. The second-order valence-corrected chi connectivity index (χ2v) is 6.77. The lowest BCUT2D eigenvalue weighted by Crippen LogP contribution is -2.50. The van der Waals surface area contributed by atoms with Gasteiger partial charge in [0.25, 0.3) is 0 Å². The summed E-state index contributed by atoms with van der Waals surface area (Å²) in [5, 5.41) is 3.31. The highest BCUT2D eigenvalue weighted by atomic mass is 32.2. The van der Waals surface area contributed by atoms with Crippen molar-refractivity contribution in [1.82, 2.24) is 19.6 Å². The molecule has 1 aromatic heterocycles.